The molecule has 0 N–H and O–H groups in total. The lowest BCUT2D eigenvalue weighted by Gasteiger charge is -2.02. The smallest absolute Gasteiger partial charge is 0.222 e. The number of nitrogens with zero attached hydrogens (tertiary/aromatic N) is 1. The van der Waals surface area contributed by atoms with Crippen LogP contribution in [-0.2, 0) is 9.47 Å². The molecule has 1 heterocycles. The number of rotatable bonds is 4. The van der Waals surface area contributed by atoms with Crippen LogP contribution in [0, 0.1) is 12.3 Å². The highest BCUT2D eigenvalue weighted by Gasteiger charge is 2.14. The van der Waals surface area contributed by atoms with E-state index < -0.39 is 0 Å². The summed E-state index contributed by atoms with van der Waals surface area (Å²) in [7, 11) is 0. The average molecular weight is 227 g/mol. The van der Waals surface area contributed by atoms with Gasteiger partial charge in [-0.15, -0.1) is 6.42 Å². The Morgan fingerprint density at radius 2 is 2.24 bits per heavy atom. The predicted octanol–water partition coefficient (Wildman–Crippen LogP) is 2.00. The van der Waals surface area contributed by atoms with E-state index in [1.54, 1.807) is 0 Å². The van der Waals surface area contributed by atoms with Gasteiger partial charge in [0.1, 0.15) is 18.9 Å². The van der Waals surface area contributed by atoms with Crippen LogP contribution in [0.4, 0.5) is 0 Å². The molecule has 0 fully saturated rings. The second kappa shape index (κ2) is 5.88. The lowest BCUT2D eigenvalue weighted by atomic mass is 10.2. The predicted molar refractivity (Wildman–Crippen MR) is 66.7 cm³/mol. The van der Waals surface area contributed by atoms with Gasteiger partial charge >= 0.3 is 0 Å². The van der Waals surface area contributed by atoms with Crippen molar-refractivity contribution >= 4 is 5.90 Å². The van der Waals surface area contributed by atoms with Crippen molar-refractivity contribution in [3.05, 3.63) is 47.7 Å². The third-order valence-electron chi connectivity index (χ3n) is 2.24. The molecule has 3 heteroatoms. The summed E-state index contributed by atoms with van der Waals surface area (Å²) in [6, 6.07) is 9.81. The molecule has 1 aliphatic rings. The normalized spacial score (nSPS) is 16.4. The molecule has 0 aliphatic carbocycles. The van der Waals surface area contributed by atoms with Gasteiger partial charge in [0.05, 0.1) is 6.61 Å². The van der Waals surface area contributed by atoms with Gasteiger partial charge in [-0.3, -0.25) is 0 Å². The maximum absolute atomic E-state index is 5.61. The van der Waals surface area contributed by atoms with Gasteiger partial charge < -0.3 is 9.47 Å². The van der Waals surface area contributed by atoms with Crippen LogP contribution < -0.4 is 0 Å². The van der Waals surface area contributed by atoms with E-state index >= 15 is 0 Å². The molecule has 0 amide bonds. The Balaban J connectivity index is 1.89. The lowest BCUT2D eigenvalue weighted by molar-refractivity contribution is 0.196. The second-order valence-electron chi connectivity index (χ2n) is 3.48. The monoisotopic (exact) mass is 227 g/mol. The topological polar surface area (TPSA) is 30.8 Å². The molecule has 1 aromatic rings. The molecule has 2 rings (SSSR count). The summed E-state index contributed by atoms with van der Waals surface area (Å²) < 4.78 is 10.7. The van der Waals surface area contributed by atoms with Crippen LogP contribution in [0.2, 0.25) is 0 Å². The summed E-state index contributed by atoms with van der Waals surface area (Å²) >= 11 is 0. The molecule has 0 unspecified atom stereocenters. The number of hydrogen-bond donors (Lipinski definition) is 0. The fraction of sp³-hybridized carbons (Fsp3) is 0.214. The van der Waals surface area contributed by atoms with Crippen LogP contribution in [0.15, 0.2) is 47.2 Å². The van der Waals surface area contributed by atoms with Gasteiger partial charge in [-0.25, -0.2) is 4.99 Å². The number of aliphatic imine (C=N–C) groups is 1. The van der Waals surface area contributed by atoms with Crippen LogP contribution in [0.1, 0.15) is 5.56 Å². The van der Waals surface area contributed by atoms with Gasteiger partial charge in [-0.2, -0.15) is 0 Å². The quantitative estimate of drug-likeness (QED) is 0.582. The number of ether oxygens (including phenoxy) is 2. The average Bonchev–Trinajstić information content (AvgIpc) is 2.85. The molecule has 3 nitrogen and oxygen atoms in total. The van der Waals surface area contributed by atoms with Gasteiger partial charge in [0.15, 0.2) is 0 Å². The number of hydrogen-bond acceptors (Lipinski definition) is 3. The van der Waals surface area contributed by atoms with Crippen molar-refractivity contribution in [2.45, 2.75) is 0 Å². The van der Waals surface area contributed by atoms with E-state index in [0.29, 0.717) is 25.7 Å². The van der Waals surface area contributed by atoms with E-state index in [4.69, 9.17) is 15.9 Å². The summed E-state index contributed by atoms with van der Waals surface area (Å²) in [5.41, 5.74) is 0.987. The minimum atomic E-state index is 0.316. The Morgan fingerprint density at radius 3 is 3.00 bits per heavy atom. The van der Waals surface area contributed by atoms with Crippen molar-refractivity contribution in [2.24, 2.45) is 4.99 Å². The molecule has 0 saturated carbocycles. The molecule has 0 radical (unpaired) electrons. The van der Waals surface area contributed by atoms with Gasteiger partial charge in [0.2, 0.25) is 5.90 Å². The van der Waals surface area contributed by atoms with Crippen molar-refractivity contribution in [3.63, 3.8) is 0 Å². The van der Waals surface area contributed by atoms with Crippen LogP contribution in [0.3, 0.4) is 0 Å². The summed E-state index contributed by atoms with van der Waals surface area (Å²) in [5.74, 6) is 3.87. The fourth-order valence-electron chi connectivity index (χ4n) is 1.45. The number of benzene rings is 1. The van der Waals surface area contributed by atoms with Crippen LogP contribution in [0.25, 0.3) is 0 Å². The van der Waals surface area contributed by atoms with Crippen LogP contribution in [0.5, 0.6) is 0 Å². The first-order chi connectivity index (χ1) is 8.40. The molecule has 0 atom stereocenters. The van der Waals surface area contributed by atoms with E-state index in [1.807, 2.05) is 36.4 Å². The van der Waals surface area contributed by atoms with Crippen molar-refractivity contribution in [1.29, 1.82) is 0 Å². The molecule has 0 spiro atoms. The van der Waals surface area contributed by atoms with E-state index in [0.717, 1.165) is 11.3 Å². The first-order valence-electron chi connectivity index (χ1n) is 5.38. The zero-order valence-electron chi connectivity index (χ0n) is 9.43. The van der Waals surface area contributed by atoms with E-state index in [-0.39, 0.29) is 0 Å². The van der Waals surface area contributed by atoms with Crippen LogP contribution in [-0.4, -0.2) is 25.7 Å². The largest absolute Gasteiger partial charge is 0.441 e. The molecule has 1 aromatic carbocycles. The first kappa shape index (κ1) is 11.4. The van der Waals surface area contributed by atoms with E-state index in [2.05, 4.69) is 10.9 Å². The minimum absolute atomic E-state index is 0.316. The molecular weight excluding hydrogens is 214 g/mol. The van der Waals surface area contributed by atoms with Crippen molar-refractivity contribution < 1.29 is 9.47 Å². The summed E-state index contributed by atoms with van der Waals surface area (Å²) in [5, 5.41) is 0. The summed E-state index contributed by atoms with van der Waals surface area (Å²) in [6.07, 6.45) is 6.93. The molecule has 1 aliphatic heterocycles. The zero-order chi connectivity index (χ0) is 11.9. The highest BCUT2D eigenvalue weighted by Crippen LogP contribution is 2.14. The number of terminal acetylenes is 1. The Morgan fingerprint density at radius 1 is 1.41 bits per heavy atom. The Hall–Kier alpha value is -2.05. The minimum Gasteiger partial charge on any atom is -0.441 e. The van der Waals surface area contributed by atoms with Crippen LogP contribution >= 0.6 is 0 Å². The van der Waals surface area contributed by atoms with E-state index in [1.165, 1.54) is 0 Å². The SMILES string of the molecule is C#CCOC/C=C1/CN=C(c2ccccc2)O1. The van der Waals surface area contributed by atoms with Gasteiger partial charge in [-0.05, 0) is 18.2 Å². The molecule has 0 aromatic heterocycles. The first-order valence-corrected chi connectivity index (χ1v) is 5.38. The standard InChI is InChI=1S/C14H13NO2/c1-2-9-16-10-8-13-11-15-14(17-13)12-6-4-3-5-7-12/h1,3-8H,9-11H2/b13-8-. The van der Waals surface area contributed by atoms with Crippen molar-refractivity contribution in [1.82, 2.24) is 0 Å². The highest BCUT2D eigenvalue weighted by molar-refractivity contribution is 5.95. The lowest BCUT2D eigenvalue weighted by Crippen LogP contribution is -2.00. The molecule has 0 saturated heterocycles. The highest BCUT2D eigenvalue weighted by atomic mass is 16.5. The Labute approximate surface area is 101 Å². The molecule has 86 valence electrons. The van der Waals surface area contributed by atoms with Crippen molar-refractivity contribution in [3.8, 4) is 12.3 Å². The Kier molecular flexibility index (Phi) is 3.95. The van der Waals surface area contributed by atoms with Gasteiger partial charge in [-0.1, -0.05) is 24.1 Å². The summed E-state index contributed by atoms with van der Waals surface area (Å²) in [4.78, 5) is 4.32. The van der Waals surface area contributed by atoms with E-state index in [9.17, 15) is 0 Å². The molecular formula is C14H13NO2. The van der Waals surface area contributed by atoms with Gasteiger partial charge in [0, 0.05) is 5.56 Å². The third-order valence-corrected chi connectivity index (χ3v) is 2.24. The Bertz CT molecular complexity index is 469. The maximum atomic E-state index is 5.61. The summed E-state index contributed by atoms with van der Waals surface area (Å²) in [6.45, 7) is 1.33. The molecule has 0 bridgehead atoms. The second-order valence-corrected chi connectivity index (χ2v) is 3.48. The van der Waals surface area contributed by atoms with Crippen molar-refractivity contribution in [2.75, 3.05) is 19.8 Å². The third kappa shape index (κ3) is 3.20. The zero-order valence-corrected chi connectivity index (χ0v) is 9.43. The fourth-order valence-corrected chi connectivity index (χ4v) is 1.45. The van der Waals surface area contributed by atoms with Gasteiger partial charge in [0.25, 0.3) is 0 Å². The molecule has 17 heavy (non-hydrogen) atoms. The maximum Gasteiger partial charge on any atom is 0.222 e.